The Hall–Kier alpha value is -0.380. The maximum atomic E-state index is 6.17. The topological polar surface area (TPSA) is 27.7 Å². The molecule has 0 radical (unpaired) electrons. The van der Waals surface area contributed by atoms with Crippen LogP contribution < -0.4 is 0 Å². The normalized spacial score (nSPS) is 50.1. The number of hydrogen-bond donors (Lipinski definition) is 0. The second-order valence-electron chi connectivity index (χ2n) is 10.3. The van der Waals surface area contributed by atoms with E-state index in [0.717, 1.165) is 30.6 Å². The molecule has 0 spiro atoms. The van der Waals surface area contributed by atoms with Gasteiger partial charge in [0.25, 0.3) is 0 Å². The molecule has 0 heterocycles. The Labute approximate surface area is 166 Å². The Bertz CT molecular complexity index is 594. The van der Waals surface area contributed by atoms with E-state index < -0.39 is 5.79 Å². The molecule has 0 aromatic rings. The second kappa shape index (κ2) is 6.85. The van der Waals surface area contributed by atoms with Crippen LogP contribution in [0.25, 0.3) is 0 Å². The fourth-order valence-electron chi connectivity index (χ4n) is 8.24. The minimum Gasteiger partial charge on any atom is -0.381 e. The first-order valence-electron chi connectivity index (χ1n) is 11.2. The molecule has 4 rings (SSSR count). The van der Waals surface area contributed by atoms with E-state index in [1.165, 1.54) is 38.5 Å². The summed E-state index contributed by atoms with van der Waals surface area (Å²) in [6.07, 6.45) is 12.6. The monoisotopic (exact) mass is 376 g/mol. The molecule has 4 aliphatic carbocycles. The van der Waals surface area contributed by atoms with Gasteiger partial charge in [-0.15, -0.1) is 0 Å². The highest BCUT2D eigenvalue weighted by Crippen LogP contribution is 2.68. The van der Waals surface area contributed by atoms with Crippen LogP contribution in [-0.2, 0) is 14.2 Å². The number of fused-ring (bicyclic) bond motifs is 5. The summed E-state index contributed by atoms with van der Waals surface area (Å²) in [5, 5.41) is 0. The van der Waals surface area contributed by atoms with E-state index in [1.807, 2.05) is 21.3 Å². The Morgan fingerprint density at radius 2 is 1.67 bits per heavy atom. The van der Waals surface area contributed by atoms with Crippen LogP contribution in [0.4, 0.5) is 0 Å². The zero-order valence-corrected chi connectivity index (χ0v) is 18.3. The Balaban J connectivity index is 1.67. The summed E-state index contributed by atoms with van der Waals surface area (Å²) in [6, 6.07) is 0. The lowest BCUT2D eigenvalue weighted by molar-refractivity contribution is -0.275. The van der Waals surface area contributed by atoms with E-state index in [1.54, 1.807) is 5.57 Å². The molecule has 7 atom stereocenters. The van der Waals surface area contributed by atoms with Crippen LogP contribution in [0.5, 0.6) is 0 Å². The zero-order chi connectivity index (χ0) is 19.4. The van der Waals surface area contributed by atoms with E-state index in [-0.39, 0.29) is 0 Å². The van der Waals surface area contributed by atoms with Gasteiger partial charge in [0.15, 0.2) is 5.79 Å². The third-order valence-corrected chi connectivity index (χ3v) is 9.90. The van der Waals surface area contributed by atoms with Gasteiger partial charge in [-0.2, -0.15) is 0 Å². The predicted molar refractivity (Wildman–Crippen MR) is 108 cm³/mol. The molecule has 0 amide bonds. The number of hydrogen-bond acceptors (Lipinski definition) is 3. The number of rotatable bonds is 3. The fourth-order valence-corrected chi connectivity index (χ4v) is 8.24. The Morgan fingerprint density at radius 3 is 2.30 bits per heavy atom. The lowest BCUT2D eigenvalue weighted by Crippen LogP contribution is -2.60. The molecule has 4 aliphatic rings. The van der Waals surface area contributed by atoms with Gasteiger partial charge in [-0.3, -0.25) is 0 Å². The molecule has 0 aromatic carbocycles. The van der Waals surface area contributed by atoms with Crippen molar-refractivity contribution in [1.29, 1.82) is 0 Å². The van der Waals surface area contributed by atoms with Crippen LogP contribution >= 0.6 is 0 Å². The van der Waals surface area contributed by atoms with Crippen molar-refractivity contribution in [2.75, 3.05) is 21.3 Å². The molecule has 0 N–H and O–H groups in total. The first kappa shape index (κ1) is 19.9. The van der Waals surface area contributed by atoms with Crippen molar-refractivity contribution in [3.63, 3.8) is 0 Å². The average molecular weight is 377 g/mol. The molecule has 4 fully saturated rings. The molecular formula is C24H40O3. The summed E-state index contributed by atoms with van der Waals surface area (Å²) in [4.78, 5) is 0. The van der Waals surface area contributed by atoms with E-state index in [4.69, 9.17) is 14.2 Å². The van der Waals surface area contributed by atoms with Crippen LogP contribution in [0, 0.1) is 34.5 Å². The molecule has 154 valence electrons. The molecule has 0 saturated heterocycles. The van der Waals surface area contributed by atoms with Crippen LogP contribution in [0.15, 0.2) is 11.6 Å². The van der Waals surface area contributed by atoms with Crippen molar-refractivity contribution in [3.8, 4) is 0 Å². The molecule has 0 bridgehead atoms. The molecule has 27 heavy (non-hydrogen) atoms. The highest BCUT2D eigenvalue weighted by Gasteiger charge is 2.63. The summed E-state index contributed by atoms with van der Waals surface area (Å²) in [5.74, 6) is 2.60. The van der Waals surface area contributed by atoms with Crippen LogP contribution in [0.1, 0.15) is 72.1 Å². The second-order valence-corrected chi connectivity index (χ2v) is 10.3. The van der Waals surface area contributed by atoms with Gasteiger partial charge < -0.3 is 14.2 Å². The number of ether oxygens (including phenoxy) is 3. The van der Waals surface area contributed by atoms with Crippen LogP contribution in [0.2, 0.25) is 0 Å². The van der Waals surface area contributed by atoms with Gasteiger partial charge in [0.05, 0.1) is 6.10 Å². The Morgan fingerprint density at radius 1 is 0.926 bits per heavy atom. The molecule has 0 unspecified atom stereocenters. The molecule has 0 aliphatic heterocycles. The molecule has 3 nitrogen and oxygen atoms in total. The quantitative estimate of drug-likeness (QED) is 0.475. The van der Waals surface area contributed by atoms with E-state index >= 15 is 0 Å². The van der Waals surface area contributed by atoms with E-state index in [9.17, 15) is 0 Å². The van der Waals surface area contributed by atoms with Crippen molar-refractivity contribution in [2.45, 2.75) is 84.0 Å². The predicted octanol–water partition coefficient (Wildman–Crippen LogP) is 5.59. The van der Waals surface area contributed by atoms with Crippen LogP contribution in [0.3, 0.4) is 0 Å². The van der Waals surface area contributed by atoms with Gasteiger partial charge >= 0.3 is 0 Å². The number of allylic oxidation sites excluding steroid dienone is 2. The maximum Gasteiger partial charge on any atom is 0.167 e. The largest absolute Gasteiger partial charge is 0.381 e. The van der Waals surface area contributed by atoms with Gasteiger partial charge in [0.1, 0.15) is 0 Å². The van der Waals surface area contributed by atoms with Gasteiger partial charge in [0, 0.05) is 34.2 Å². The molecule has 0 aromatic heterocycles. The Kier molecular flexibility index (Phi) is 5.05. The van der Waals surface area contributed by atoms with Crippen molar-refractivity contribution in [1.82, 2.24) is 0 Å². The number of methoxy groups -OCH3 is 3. The van der Waals surface area contributed by atoms with Crippen LogP contribution in [-0.4, -0.2) is 33.2 Å². The molecular weight excluding hydrogens is 336 g/mol. The fraction of sp³-hybridized carbons (Fsp3) is 0.917. The first-order chi connectivity index (χ1) is 12.9. The molecule has 4 saturated carbocycles. The zero-order valence-electron chi connectivity index (χ0n) is 18.3. The molecule has 3 heteroatoms. The summed E-state index contributed by atoms with van der Waals surface area (Å²) in [5.41, 5.74) is 2.52. The third-order valence-electron chi connectivity index (χ3n) is 9.90. The van der Waals surface area contributed by atoms with E-state index in [2.05, 4.69) is 26.8 Å². The van der Waals surface area contributed by atoms with Gasteiger partial charge in [-0.25, -0.2) is 0 Å². The third kappa shape index (κ3) is 2.71. The van der Waals surface area contributed by atoms with Gasteiger partial charge in [-0.1, -0.05) is 25.5 Å². The highest BCUT2D eigenvalue weighted by atomic mass is 16.7. The lowest BCUT2D eigenvalue weighted by atomic mass is 9.44. The minimum atomic E-state index is -0.414. The smallest absolute Gasteiger partial charge is 0.167 e. The highest BCUT2D eigenvalue weighted by molar-refractivity contribution is 5.24. The average Bonchev–Trinajstić information content (AvgIpc) is 3.03. The van der Waals surface area contributed by atoms with Crippen molar-refractivity contribution in [3.05, 3.63) is 11.6 Å². The summed E-state index contributed by atoms with van der Waals surface area (Å²) >= 11 is 0. The van der Waals surface area contributed by atoms with Gasteiger partial charge in [0.2, 0.25) is 0 Å². The van der Waals surface area contributed by atoms with Crippen molar-refractivity contribution >= 4 is 0 Å². The first-order valence-corrected chi connectivity index (χ1v) is 11.2. The lowest BCUT2D eigenvalue weighted by Gasteiger charge is -2.63. The van der Waals surface area contributed by atoms with Crippen molar-refractivity contribution < 1.29 is 14.2 Å². The summed E-state index contributed by atoms with van der Waals surface area (Å²) in [7, 11) is 5.54. The van der Waals surface area contributed by atoms with E-state index in [0.29, 0.717) is 22.9 Å². The SMILES string of the molecule is C/C=C1/CC[C@H]2[C@@H]3C[C@@H](OC)[C@H]4CC(OC)(OC)CC[C@]4(C)[C@H]3CC[C@]12C. The summed E-state index contributed by atoms with van der Waals surface area (Å²) in [6.45, 7) is 7.39. The standard InChI is InChI=1S/C24H40O3/c1-7-16-8-9-18-17-14-21(25-4)20-15-24(26-5,27-6)13-12-23(20,3)19(17)10-11-22(16,18)2/h7,17-21H,8-15H2,1-6H3/b16-7-/t17-,18-,19-,20+,21+,22+,23+/m0/s1. The van der Waals surface area contributed by atoms with Crippen molar-refractivity contribution in [2.24, 2.45) is 34.5 Å². The summed E-state index contributed by atoms with van der Waals surface area (Å²) < 4.78 is 17.9. The van der Waals surface area contributed by atoms with Gasteiger partial charge in [-0.05, 0) is 80.0 Å². The maximum absolute atomic E-state index is 6.17. The minimum absolute atomic E-state index is 0.332.